The maximum Gasteiger partial charge on any atom is 0.0791 e. The third kappa shape index (κ3) is 4.49. The number of nitrogens with one attached hydrogen (secondary N) is 1. The van der Waals surface area contributed by atoms with Gasteiger partial charge in [-0.3, -0.25) is 4.90 Å². The van der Waals surface area contributed by atoms with Crippen molar-refractivity contribution in [1.29, 1.82) is 0 Å². The molecule has 3 heteroatoms. The van der Waals surface area contributed by atoms with Crippen LogP contribution >= 0.6 is 0 Å². The molecule has 0 saturated heterocycles. The van der Waals surface area contributed by atoms with Gasteiger partial charge in [0, 0.05) is 19.1 Å². The van der Waals surface area contributed by atoms with Crippen molar-refractivity contribution in [3.8, 4) is 0 Å². The second kappa shape index (κ2) is 7.20. The highest BCUT2D eigenvalue weighted by Gasteiger charge is 2.21. The Morgan fingerprint density at radius 2 is 2.00 bits per heavy atom. The first-order valence-electron chi connectivity index (χ1n) is 6.34. The first-order valence-corrected chi connectivity index (χ1v) is 6.34. The Balaban J connectivity index is 2.32. The molecule has 0 amide bonds. The molecular formula is C12H26N2O. The molecule has 3 nitrogen and oxygen atoms in total. The standard InChI is InChI=1S/C12H26N2O/c1-3-14(10-12(15)9-13-2)11-7-5-4-6-8-11/h11-13,15H,3-10H2,1-2H3. The van der Waals surface area contributed by atoms with Gasteiger partial charge >= 0.3 is 0 Å². The number of rotatable bonds is 6. The fraction of sp³-hybridized carbons (Fsp3) is 1.00. The van der Waals surface area contributed by atoms with E-state index in [9.17, 15) is 5.11 Å². The number of nitrogens with zero attached hydrogens (tertiary/aromatic N) is 1. The SMILES string of the molecule is CCN(CC(O)CNC)C1CCCCC1. The van der Waals surface area contributed by atoms with Gasteiger partial charge in [-0.05, 0) is 26.4 Å². The summed E-state index contributed by atoms with van der Waals surface area (Å²) in [6, 6.07) is 0.718. The second-order valence-electron chi connectivity index (χ2n) is 4.59. The highest BCUT2D eigenvalue weighted by molar-refractivity contribution is 4.77. The fourth-order valence-corrected chi connectivity index (χ4v) is 2.55. The summed E-state index contributed by atoms with van der Waals surface area (Å²) in [5.41, 5.74) is 0. The van der Waals surface area contributed by atoms with E-state index in [0.717, 1.165) is 19.1 Å². The van der Waals surface area contributed by atoms with Gasteiger partial charge in [-0.25, -0.2) is 0 Å². The molecule has 2 N–H and O–H groups in total. The lowest BCUT2D eigenvalue weighted by molar-refractivity contribution is 0.0776. The van der Waals surface area contributed by atoms with Crippen LogP contribution in [0.4, 0.5) is 0 Å². The molecule has 0 aromatic carbocycles. The van der Waals surface area contributed by atoms with Crippen molar-refractivity contribution in [1.82, 2.24) is 10.2 Å². The molecule has 0 spiro atoms. The van der Waals surface area contributed by atoms with Gasteiger partial charge in [0.25, 0.3) is 0 Å². The second-order valence-corrected chi connectivity index (χ2v) is 4.59. The predicted molar refractivity (Wildman–Crippen MR) is 64.1 cm³/mol. The Bertz CT molecular complexity index is 158. The van der Waals surface area contributed by atoms with Crippen LogP contribution in [0.2, 0.25) is 0 Å². The molecule has 0 aromatic rings. The summed E-state index contributed by atoms with van der Waals surface area (Å²) >= 11 is 0. The van der Waals surface area contributed by atoms with E-state index < -0.39 is 0 Å². The smallest absolute Gasteiger partial charge is 0.0791 e. The molecule has 1 atom stereocenters. The van der Waals surface area contributed by atoms with Crippen molar-refractivity contribution >= 4 is 0 Å². The minimum atomic E-state index is -0.225. The molecule has 1 aliphatic carbocycles. The van der Waals surface area contributed by atoms with Gasteiger partial charge < -0.3 is 10.4 Å². The Kier molecular flexibility index (Phi) is 6.22. The van der Waals surface area contributed by atoms with E-state index in [-0.39, 0.29) is 6.10 Å². The maximum absolute atomic E-state index is 9.78. The van der Waals surface area contributed by atoms with Crippen LogP contribution in [0.5, 0.6) is 0 Å². The normalized spacial score (nSPS) is 20.8. The minimum Gasteiger partial charge on any atom is -0.390 e. The Hall–Kier alpha value is -0.120. The maximum atomic E-state index is 9.78. The van der Waals surface area contributed by atoms with Crippen LogP contribution in [0.25, 0.3) is 0 Å². The molecule has 0 aliphatic heterocycles. The highest BCUT2D eigenvalue weighted by atomic mass is 16.3. The van der Waals surface area contributed by atoms with E-state index in [1.165, 1.54) is 32.1 Å². The van der Waals surface area contributed by atoms with Crippen LogP contribution < -0.4 is 5.32 Å². The molecular weight excluding hydrogens is 188 g/mol. The zero-order chi connectivity index (χ0) is 11.1. The van der Waals surface area contributed by atoms with Gasteiger partial charge in [0.1, 0.15) is 0 Å². The number of aliphatic hydroxyl groups excluding tert-OH is 1. The van der Waals surface area contributed by atoms with E-state index in [1.54, 1.807) is 0 Å². The molecule has 90 valence electrons. The number of aliphatic hydroxyl groups is 1. The van der Waals surface area contributed by atoms with E-state index in [2.05, 4.69) is 17.1 Å². The molecule has 1 fully saturated rings. The lowest BCUT2D eigenvalue weighted by Gasteiger charge is -2.34. The van der Waals surface area contributed by atoms with Gasteiger partial charge in [0.15, 0.2) is 0 Å². The van der Waals surface area contributed by atoms with Gasteiger partial charge in [0.05, 0.1) is 6.10 Å². The molecule has 1 unspecified atom stereocenters. The largest absolute Gasteiger partial charge is 0.390 e. The molecule has 0 aromatic heterocycles. The van der Waals surface area contributed by atoms with Crippen molar-refractivity contribution in [2.24, 2.45) is 0 Å². The molecule has 1 aliphatic rings. The Labute approximate surface area is 93.9 Å². The summed E-state index contributed by atoms with van der Waals surface area (Å²) < 4.78 is 0. The van der Waals surface area contributed by atoms with Crippen LogP contribution in [0.1, 0.15) is 39.0 Å². The highest BCUT2D eigenvalue weighted by Crippen LogP contribution is 2.22. The van der Waals surface area contributed by atoms with Crippen LogP contribution in [-0.2, 0) is 0 Å². The minimum absolute atomic E-state index is 0.225. The zero-order valence-corrected chi connectivity index (χ0v) is 10.2. The van der Waals surface area contributed by atoms with E-state index in [4.69, 9.17) is 0 Å². The third-order valence-electron chi connectivity index (χ3n) is 3.38. The van der Waals surface area contributed by atoms with Crippen molar-refractivity contribution in [2.75, 3.05) is 26.7 Å². The predicted octanol–water partition coefficient (Wildman–Crippen LogP) is 1.22. The van der Waals surface area contributed by atoms with E-state index in [1.807, 2.05) is 7.05 Å². The van der Waals surface area contributed by atoms with E-state index in [0.29, 0.717) is 6.54 Å². The van der Waals surface area contributed by atoms with Gasteiger partial charge in [-0.15, -0.1) is 0 Å². The average Bonchev–Trinajstić information content (AvgIpc) is 2.27. The fourth-order valence-electron chi connectivity index (χ4n) is 2.55. The van der Waals surface area contributed by atoms with Gasteiger partial charge in [-0.1, -0.05) is 26.2 Å². The topological polar surface area (TPSA) is 35.5 Å². The van der Waals surface area contributed by atoms with Crippen molar-refractivity contribution in [3.05, 3.63) is 0 Å². The van der Waals surface area contributed by atoms with Crippen molar-refractivity contribution in [2.45, 2.75) is 51.2 Å². The quantitative estimate of drug-likeness (QED) is 0.698. The molecule has 1 rings (SSSR count). The van der Waals surface area contributed by atoms with Crippen LogP contribution in [0, 0.1) is 0 Å². The van der Waals surface area contributed by atoms with Crippen LogP contribution in [-0.4, -0.2) is 48.8 Å². The Morgan fingerprint density at radius 3 is 2.53 bits per heavy atom. The van der Waals surface area contributed by atoms with Crippen LogP contribution in [0.15, 0.2) is 0 Å². The van der Waals surface area contributed by atoms with Gasteiger partial charge in [0.2, 0.25) is 0 Å². The average molecular weight is 214 g/mol. The number of likely N-dealkylation sites (N-methyl/N-ethyl adjacent to an activating group) is 2. The third-order valence-corrected chi connectivity index (χ3v) is 3.38. The number of hydrogen-bond acceptors (Lipinski definition) is 3. The van der Waals surface area contributed by atoms with E-state index >= 15 is 0 Å². The molecule has 15 heavy (non-hydrogen) atoms. The zero-order valence-electron chi connectivity index (χ0n) is 10.2. The van der Waals surface area contributed by atoms with Crippen molar-refractivity contribution in [3.63, 3.8) is 0 Å². The lowest BCUT2D eigenvalue weighted by atomic mass is 9.94. The van der Waals surface area contributed by atoms with Gasteiger partial charge in [-0.2, -0.15) is 0 Å². The monoisotopic (exact) mass is 214 g/mol. The summed E-state index contributed by atoms with van der Waals surface area (Å²) in [5.74, 6) is 0. The first kappa shape index (κ1) is 12.9. The summed E-state index contributed by atoms with van der Waals surface area (Å²) in [6.45, 7) is 4.78. The summed E-state index contributed by atoms with van der Waals surface area (Å²) in [7, 11) is 1.89. The molecule has 0 heterocycles. The molecule has 1 saturated carbocycles. The number of hydrogen-bond donors (Lipinski definition) is 2. The summed E-state index contributed by atoms with van der Waals surface area (Å²) in [6.07, 6.45) is 6.54. The van der Waals surface area contributed by atoms with Crippen LogP contribution in [0.3, 0.4) is 0 Å². The summed E-state index contributed by atoms with van der Waals surface area (Å²) in [4.78, 5) is 2.45. The first-order chi connectivity index (χ1) is 7.27. The van der Waals surface area contributed by atoms with Crippen molar-refractivity contribution < 1.29 is 5.11 Å². The lowest BCUT2D eigenvalue weighted by Crippen LogP contribution is -2.43. The molecule has 0 radical (unpaired) electrons. The Morgan fingerprint density at radius 1 is 1.33 bits per heavy atom. The molecule has 0 bridgehead atoms. The summed E-state index contributed by atoms with van der Waals surface area (Å²) in [5, 5.41) is 12.8.